The van der Waals surface area contributed by atoms with Crippen molar-refractivity contribution in [1.82, 2.24) is 4.90 Å². The van der Waals surface area contributed by atoms with Gasteiger partial charge in [-0.1, -0.05) is 29.8 Å². The first-order chi connectivity index (χ1) is 10.5. The first-order valence-electron chi connectivity index (χ1n) is 7.06. The topological polar surface area (TPSA) is 52.9 Å². The smallest absolute Gasteiger partial charge is 0.120 e. The van der Waals surface area contributed by atoms with E-state index >= 15 is 0 Å². The molecule has 0 radical (unpaired) electrons. The third kappa shape index (κ3) is 5.22. The Kier molecular flexibility index (Phi) is 6.07. The third-order valence-corrected chi connectivity index (χ3v) is 3.46. The number of ether oxygens (including phenoxy) is 1. The molecule has 0 aliphatic carbocycles. The molecule has 0 aliphatic heterocycles. The van der Waals surface area contributed by atoms with E-state index in [2.05, 4.69) is 0 Å². The molecule has 118 valence electrons. The summed E-state index contributed by atoms with van der Waals surface area (Å²) in [4.78, 5) is 1.94. The van der Waals surface area contributed by atoms with Crippen LogP contribution >= 0.6 is 11.6 Å². The first kappa shape index (κ1) is 16.6. The molecular weight excluding hydrogens is 302 g/mol. The number of hydrogen-bond donors (Lipinski definition) is 2. The summed E-state index contributed by atoms with van der Waals surface area (Å²) in [7, 11) is 1.89. The number of aliphatic hydroxyl groups is 1. The maximum atomic E-state index is 10.0. The molecule has 0 heterocycles. The van der Waals surface area contributed by atoms with Gasteiger partial charge in [-0.15, -0.1) is 0 Å². The van der Waals surface area contributed by atoms with E-state index in [1.165, 1.54) is 0 Å². The van der Waals surface area contributed by atoms with Crippen LogP contribution in [-0.2, 0) is 6.54 Å². The fraction of sp³-hybridized carbons (Fsp3) is 0.294. The third-order valence-electron chi connectivity index (χ3n) is 3.21. The monoisotopic (exact) mass is 321 g/mol. The van der Waals surface area contributed by atoms with E-state index in [1.54, 1.807) is 36.4 Å². The minimum absolute atomic E-state index is 0.201. The Labute approximate surface area is 135 Å². The van der Waals surface area contributed by atoms with Crippen molar-refractivity contribution in [1.29, 1.82) is 0 Å². The van der Waals surface area contributed by atoms with Gasteiger partial charge in [-0.2, -0.15) is 0 Å². The zero-order chi connectivity index (χ0) is 15.9. The van der Waals surface area contributed by atoms with Crippen molar-refractivity contribution in [3.63, 3.8) is 0 Å². The van der Waals surface area contributed by atoms with Gasteiger partial charge in [0.2, 0.25) is 0 Å². The summed E-state index contributed by atoms with van der Waals surface area (Å²) in [6.45, 7) is 1.21. The maximum Gasteiger partial charge on any atom is 0.120 e. The van der Waals surface area contributed by atoms with Crippen molar-refractivity contribution in [3.05, 3.63) is 59.1 Å². The van der Waals surface area contributed by atoms with Gasteiger partial charge in [0.25, 0.3) is 0 Å². The molecule has 0 bridgehead atoms. The van der Waals surface area contributed by atoms with E-state index in [-0.39, 0.29) is 12.4 Å². The predicted octanol–water partition coefficient (Wildman–Crippen LogP) is 2.92. The van der Waals surface area contributed by atoms with Gasteiger partial charge in [0.15, 0.2) is 0 Å². The Morgan fingerprint density at radius 2 is 1.82 bits per heavy atom. The van der Waals surface area contributed by atoms with E-state index in [4.69, 9.17) is 16.3 Å². The quantitative estimate of drug-likeness (QED) is 0.823. The van der Waals surface area contributed by atoms with Crippen LogP contribution in [-0.4, -0.2) is 41.4 Å². The summed E-state index contributed by atoms with van der Waals surface area (Å²) < 4.78 is 5.51. The van der Waals surface area contributed by atoms with Crippen LogP contribution in [0.3, 0.4) is 0 Å². The van der Waals surface area contributed by atoms with Gasteiger partial charge in [-0.3, -0.25) is 4.90 Å². The minimum atomic E-state index is -0.619. The second kappa shape index (κ2) is 8.03. The van der Waals surface area contributed by atoms with Gasteiger partial charge >= 0.3 is 0 Å². The molecule has 2 aromatic rings. The van der Waals surface area contributed by atoms with Gasteiger partial charge in [-0.05, 0) is 37.4 Å². The van der Waals surface area contributed by atoms with Gasteiger partial charge in [-0.25, -0.2) is 0 Å². The summed E-state index contributed by atoms with van der Waals surface area (Å²) in [6.07, 6.45) is -0.619. The predicted molar refractivity (Wildman–Crippen MR) is 87.4 cm³/mol. The maximum absolute atomic E-state index is 10.0. The molecule has 0 amide bonds. The molecule has 0 spiro atoms. The van der Waals surface area contributed by atoms with Crippen LogP contribution in [0.1, 0.15) is 5.56 Å². The molecule has 1 unspecified atom stereocenters. The highest BCUT2D eigenvalue weighted by molar-refractivity contribution is 6.30. The van der Waals surface area contributed by atoms with Crippen LogP contribution in [0.5, 0.6) is 11.5 Å². The minimum Gasteiger partial charge on any atom is -0.508 e. The normalized spacial score (nSPS) is 12.4. The number of halogens is 1. The van der Waals surface area contributed by atoms with E-state index in [0.717, 1.165) is 5.56 Å². The fourth-order valence-electron chi connectivity index (χ4n) is 2.14. The van der Waals surface area contributed by atoms with Crippen LogP contribution in [0.2, 0.25) is 5.02 Å². The summed E-state index contributed by atoms with van der Waals surface area (Å²) in [6, 6.07) is 14.2. The van der Waals surface area contributed by atoms with Crippen molar-refractivity contribution >= 4 is 11.6 Å². The molecule has 0 saturated carbocycles. The molecule has 2 rings (SSSR count). The number of aromatic hydroxyl groups is 1. The zero-order valence-corrected chi connectivity index (χ0v) is 13.2. The Bertz CT molecular complexity index is 589. The van der Waals surface area contributed by atoms with E-state index < -0.39 is 6.10 Å². The van der Waals surface area contributed by atoms with Crippen molar-refractivity contribution in [3.8, 4) is 11.5 Å². The molecule has 0 aliphatic rings. The lowest BCUT2D eigenvalue weighted by atomic mass is 10.2. The van der Waals surface area contributed by atoms with Crippen molar-refractivity contribution in [2.75, 3.05) is 20.2 Å². The fourth-order valence-corrected chi connectivity index (χ4v) is 2.26. The summed E-state index contributed by atoms with van der Waals surface area (Å²) in [5.74, 6) is 0.938. The molecule has 5 heteroatoms. The molecule has 22 heavy (non-hydrogen) atoms. The van der Waals surface area contributed by atoms with Crippen molar-refractivity contribution in [2.45, 2.75) is 12.6 Å². The van der Waals surface area contributed by atoms with Crippen LogP contribution < -0.4 is 4.74 Å². The average molecular weight is 322 g/mol. The molecule has 2 aromatic carbocycles. The number of aliphatic hydroxyl groups excluding tert-OH is 1. The molecular formula is C17H20ClNO3. The molecule has 0 saturated heterocycles. The largest absolute Gasteiger partial charge is 0.508 e. The van der Waals surface area contributed by atoms with Gasteiger partial charge in [0.1, 0.15) is 24.2 Å². The summed E-state index contributed by atoms with van der Waals surface area (Å²) in [5.41, 5.74) is 0.829. The van der Waals surface area contributed by atoms with Crippen molar-refractivity contribution < 1.29 is 14.9 Å². The first-order valence-corrected chi connectivity index (χ1v) is 7.44. The number of phenols is 1. The van der Waals surface area contributed by atoms with E-state index in [0.29, 0.717) is 23.9 Å². The number of phenolic OH excluding ortho intramolecular Hbond substituents is 1. The highest BCUT2D eigenvalue weighted by Crippen LogP contribution is 2.18. The molecule has 0 aromatic heterocycles. The number of hydrogen-bond acceptors (Lipinski definition) is 4. The van der Waals surface area contributed by atoms with E-state index in [9.17, 15) is 10.2 Å². The summed E-state index contributed by atoms with van der Waals surface area (Å²) in [5, 5.41) is 20.4. The zero-order valence-electron chi connectivity index (χ0n) is 12.4. The number of benzene rings is 2. The standard InChI is InChI=1S/C17H20ClNO3/c1-19(10-13-4-2-3-5-17(13)21)11-15(20)12-22-16-8-6-14(18)7-9-16/h2-9,15,20-21H,10-12H2,1H3. The van der Waals surface area contributed by atoms with E-state index in [1.807, 2.05) is 24.1 Å². The number of likely N-dealkylation sites (N-methyl/N-ethyl adjacent to an activating group) is 1. The lowest BCUT2D eigenvalue weighted by molar-refractivity contribution is 0.0742. The molecule has 0 fully saturated rings. The SMILES string of the molecule is CN(Cc1ccccc1O)CC(O)COc1ccc(Cl)cc1. The van der Waals surface area contributed by atoms with Gasteiger partial charge in [0.05, 0.1) is 0 Å². The Morgan fingerprint density at radius 1 is 1.14 bits per heavy atom. The molecule has 1 atom stereocenters. The van der Waals surface area contributed by atoms with Gasteiger partial charge < -0.3 is 14.9 Å². The molecule has 4 nitrogen and oxygen atoms in total. The highest BCUT2D eigenvalue weighted by atomic mass is 35.5. The van der Waals surface area contributed by atoms with Crippen LogP contribution in [0.4, 0.5) is 0 Å². The average Bonchev–Trinajstić information content (AvgIpc) is 2.49. The highest BCUT2D eigenvalue weighted by Gasteiger charge is 2.11. The number of nitrogens with zero attached hydrogens (tertiary/aromatic N) is 1. The Morgan fingerprint density at radius 3 is 2.50 bits per heavy atom. The van der Waals surface area contributed by atoms with Gasteiger partial charge in [0, 0.05) is 23.7 Å². The second-order valence-electron chi connectivity index (χ2n) is 5.24. The lowest BCUT2D eigenvalue weighted by Crippen LogP contribution is -2.32. The summed E-state index contributed by atoms with van der Waals surface area (Å²) >= 11 is 5.80. The van der Waals surface area contributed by atoms with Crippen molar-refractivity contribution in [2.24, 2.45) is 0 Å². The van der Waals surface area contributed by atoms with Crippen LogP contribution in [0, 0.1) is 0 Å². The second-order valence-corrected chi connectivity index (χ2v) is 5.68. The molecule has 2 N–H and O–H groups in total. The van der Waals surface area contributed by atoms with Crippen LogP contribution in [0.25, 0.3) is 0 Å². The Balaban J connectivity index is 1.77. The van der Waals surface area contributed by atoms with Crippen LogP contribution in [0.15, 0.2) is 48.5 Å². The number of para-hydroxylation sites is 1. The Hall–Kier alpha value is -1.75. The number of rotatable bonds is 7. The lowest BCUT2D eigenvalue weighted by Gasteiger charge is -2.21.